The monoisotopic (exact) mass is 436 g/mol. The Hall–Kier alpha value is -1.81. The van der Waals surface area contributed by atoms with E-state index >= 15 is 0 Å². The van der Waals surface area contributed by atoms with E-state index in [0.29, 0.717) is 10.0 Å². The standard InChI is InChI=1S/C15H14Cl2N2O5S2/c16-11-1-5-13(6-2-11)18-25(21,22)9-15(20)10-26(23,24)19-14-7-3-12(17)4-8-14/h1-8,18-19H,9-10H2. The fourth-order valence-corrected chi connectivity index (χ4v) is 4.50. The normalized spacial score (nSPS) is 11.8. The summed E-state index contributed by atoms with van der Waals surface area (Å²) in [7, 11) is -8.10. The molecule has 0 saturated carbocycles. The van der Waals surface area contributed by atoms with Crippen LogP contribution in [0.1, 0.15) is 0 Å². The van der Waals surface area contributed by atoms with Gasteiger partial charge in [-0.25, -0.2) is 16.8 Å². The van der Waals surface area contributed by atoms with Crippen molar-refractivity contribution in [1.82, 2.24) is 0 Å². The Morgan fingerprint density at radius 1 is 0.692 bits per heavy atom. The SMILES string of the molecule is O=C(CS(=O)(=O)Nc1ccc(Cl)cc1)CS(=O)(=O)Nc1ccc(Cl)cc1. The molecule has 0 radical (unpaired) electrons. The smallest absolute Gasteiger partial charge is 0.239 e. The molecular weight excluding hydrogens is 423 g/mol. The van der Waals surface area contributed by atoms with Crippen LogP contribution in [0.3, 0.4) is 0 Å². The molecular formula is C15H14Cl2N2O5S2. The number of carbonyl (C=O) groups is 1. The number of anilines is 2. The minimum atomic E-state index is -4.05. The summed E-state index contributed by atoms with van der Waals surface area (Å²) in [5.41, 5.74) is 0.425. The molecule has 0 saturated heterocycles. The molecule has 0 atom stereocenters. The number of hydrogen-bond donors (Lipinski definition) is 2. The number of hydrogen-bond acceptors (Lipinski definition) is 5. The largest absolute Gasteiger partial charge is 0.297 e. The van der Waals surface area contributed by atoms with Crippen LogP contribution in [0.2, 0.25) is 10.0 Å². The van der Waals surface area contributed by atoms with Crippen LogP contribution in [0, 0.1) is 0 Å². The van der Waals surface area contributed by atoms with Gasteiger partial charge in [-0.3, -0.25) is 14.2 Å². The van der Waals surface area contributed by atoms with Gasteiger partial charge in [0.1, 0.15) is 11.5 Å². The molecule has 0 amide bonds. The predicted octanol–water partition coefficient (Wildman–Crippen LogP) is 2.75. The second-order valence-corrected chi connectivity index (χ2v) is 9.59. The predicted molar refractivity (Wildman–Crippen MR) is 103 cm³/mol. The van der Waals surface area contributed by atoms with Gasteiger partial charge < -0.3 is 0 Å². The van der Waals surface area contributed by atoms with Crippen LogP contribution >= 0.6 is 23.2 Å². The van der Waals surface area contributed by atoms with E-state index in [2.05, 4.69) is 9.44 Å². The third kappa shape index (κ3) is 6.83. The van der Waals surface area contributed by atoms with Crippen molar-refractivity contribution in [2.24, 2.45) is 0 Å². The van der Waals surface area contributed by atoms with Crippen LogP contribution in [0.4, 0.5) is 11.4 Å². The fraction of sp³-hybridized carbons (Fsp3) is 0.133. The minimum absolute atomic E-state index is 0.212. The van der Waals surface area contributed by atoms with Gasteiger partial charge in [-0.2, -0.15) is 0 Å². The van der Waals surface area contributed by atoms with E-state index in [1.54, 1.807) is 0 Å². The average Bonchev–Trinajstić information content (AvgIpc) is 2.50. The lowest BCUT2D eigenvalue weighted by molar-refractivity contribution is -0.114. The van der Waals surface area contributed by atoms with Crippen molar-refractivity contribution in [3.8, 4) is 0 Å². The maximum absolute atomic E-state index is 12.0. The summed E-state index contributed by atoms with van der Waals surface area (Å²) in [6.45, 7) is 0. The molecule has 7 nitrogen and oxygen atoms in total. The second kappa shape index (κ2) is 8.26. The number of benzene rings is 2. The van der Waals surface area contributed by atoms with Gasteiger partial charge in [0.25, 0.3) is 0 Å². The Balaban J connectivity index is 1.97. The number of nitrogens with one attached hydrogen (secondary N) is 2. The molecule has 2 N–H and O–H groups in total. The van der Waals surface area contributed by atoms with E-state index < -0.39 is 37.3 Å². The first kappa shape index (κ1) is 20.5. The molecule has 2 rings (SSSR count). The van der Waals surface area contributed by atoms with E-state index in [9.17, 15) is 21.6 Å². The minimum Gasteiger partial charge on any atom is -0.297 e. The topological polar surface area (TPSA) is 109 Å². The van der Waals surface area contributed by atoms with Crippen molar-refractivity contribution >= 4 is 60.4 Å². The molecule has 0 heterocycles. The summed E-state index contributed by atoms with van der Waals surface area (Å²) >= 11 is 11.4. The molecule has 0 bridgehead atoms. The maximum Gasteiger partial charge on any atom is 0.239 e. The van der Waals surface area contributed by atoms with E-state index in [1.807, 2.05) is 0 Å². The van der Waals surface area contributed by atoms with Gasteiger partial charge in [-0.05, 0) is 48.5 Å². The Labute approximate surface area is 161 Å². The molecule has 0 aliphatic rings. The van der Waals surface area contributed by atoms with Gasteiger partial charge in [0.05, 0.1) is 0 Å². The lowest BCUT2D eigenvalue weighted by atomic mass is 10.3. The molecule has 2 aromatic rings. The zero-order valence-corrected chi connectivity index (χ0v) is 16.3. The summed E-state index contributed by atoms with van der Waals surface area (Å²) in [5.74, 6) is -2.93. The van der Waals surface area contributed by atoms with E-state index in [0.717, 1.165) is 0 Å². The van der Waals surface area contributed by atoms with Gasteiger partial charge >= 0.3 is 0 Å². The van der Waals surface area contributed by atoms with E-state index in [1.165, 1.54) is 48.5 Å². The first-order valence-electron chi connectivity index (χ1n) is 7.08. The number of Topliss-reactive ketones (excluding diaryl/α,β-unsaturated/α-hetero) is 1. The average molecular weight is 437 g/mol. The van der Waals surface area contributed by atoms with Crippen LogP contribution < -0.4 is 9.44 Å². The Morgan fingerprint density at radius 2 is 1.00 bits per heavy atom. The zero-order valence-electron chi connectivity index (χ0n) is 13.1. The maximum atomic E-state index is 12.0. The van der Waals surface area contributed by atoms with Crippen LogP contribution in [0.25, 0.3) is 0 Å². The van der Waals surface area contributed by atoms with Crippen LogP contribution in [0.15, 0.2) is 48.5 Å². The highest BCUT2D eigenvalue weighted by Crippen LogP contribution is 2.16. The number of ketones is 1. The van der Waals surface area contributed by atoms with E-state index in [-0.39, 0.29) is 11.4 Å². The first-order valence-corrected chi connectivity index (χ1v) is 11.1. The first-order chi connectivity index (χ1) is 12.0. The molecule has 140 valence electrons. The second-order valence-electron chi connectivity index (χ2n) is 5.27. The highest BCUT2D eigenvalue weighted by Gasteiger charge is 2.22. The number of carbonyl (C=O) groups excluding carboxylic acids is 1. The molecule has 0 fully saturated rings. The van der Waals surface area contributed by atoms with Crippen molar-refractivity contribution in [1.29, 1.82) is 0 Å². The number of sulfonamides is 2. The molecule has 0 spiro atoms. The third-order valence-corrected chi connectivity index (χ3v) is 5.94. The molecule has 2 aromatic carbocycles. The van der Waals surface area contributed by atoms with Gasteiger partial charge in [-0.1, -0.05) is 23.2 Å². The highest BCUT2D eigenvalue weighted by atomic mass is 35.5. The summed E-state index contributed by atoms with van der Waals surface area (Å²) in [6.07, 6.45) is 0. The Kier molecular flexibility index (Phi) is 6.51. The summed E-state index contributed by atoms with van der Waals surface area (Å²) in [6, 6.07) is 11.6. The van der Waals surface area contributed by atoms with Crippen LogP contribution in [-0.2, 0) is 24.8 Å². The highest BCUT2D eigenvalue weighted by molar-refractivity contribution is 7.95. The van der Waals surface area contributed by atoms with Crippen molar-refractivity contribution in [3.63, 3.8) is 0 Å². The molecule has 11 heteroatoms. The fourth-order valence-electron chi connectivity index (χ4n) is 1.93. The third-order valence-electron chi connectivity index (χ3n) is 2.94. The quantitative estimate of drug-likeness (QED) is 0.660. The van der Waals surface area contributed by atoms with E-state index in [4.69, 9.17) is 23.2 Å². The van der Waals surface area contributed by atoms with Crippen LogP contribution in [0.5, 0.6) is 0 Å². The Morgan fingerprint density at radius 3 is 1.31 bits per heavy atom. The van der Waals surface area contributed by atoms with Crippen molar-refractivity contribution < 1.29 is 21.6 Å². The van der Waals surface area contributed by atoms with Gasteiger partial charge in [0, 0.05) is 21.4 Å². The zero-order chi connectivity index (χ0) is 19.4. The molecule has 0 aliphatic carbocycles. The Bertz CT molecular complexity index is 908. The number of halogens is 2. The summed E-state index contributed by atoms with van der Waals surface area (Å²) < 4.78 is 52.3. The molecule has 0 aromatic heterocycles. The van der Waals surface area contributed by atoms with Crippen molar-refractivity contribution in [3.05, 3.63) is 58.6 Å². The van der Waals surface area contributed by atoms with Crippen molar-refractivity contribution in [2.75, 3.05) is 20.9 Å². The molecule has 26 heavy (non-hydrogen) atoms. The lowest BCUT2D eigenvalue weighted by Gasteiger charge is -2.09. The molecule has 0 aliphatic heterocycles. The van der Waals surface area contributed by atoms with Gasteiger partial charge in [0.2, 0.25) is 20.0 Å². The van der Waals surface area contributed by atoms with Gasteiger partial charge in [-0.15, -0.1) is 0 Å². The van der Waals surface area contributed by atoms with Gasteiger partial charge in [0.15, 0.2) is 5.78 Å². The van der Waals surface area contributed by atoms with Crippen LogP contribution in [-0.4, -0.2) is 34.1 Å². The summed E-state index contributed by atoms with van der Waals surface area (Å²) in [4.78, 5) is 11.9. The lowest BCUT2D eigenvalue weighted by Crippen LogP contribution is -2.30. The molecule has 0 unspecified atom stereocenters. The number of rotatable bonds is 8. The van der Waals surface area contributed by atoms with Crippen molar-refractivity contribution in [2.45, 2.75) is 0 Å². The summed E-state index contributed by atoms with van der Waals surface area (Å²) in [5, 5.41) is 0.840.